The van der Waals surface area contributed by atoms with Gasteiger partial charge in [0.1, 0.15) is 0 Å². The monoisotopic (exact) mass is 486 g/mol. The van der Waals surface area contributed by atoms with Crippen LogP contribution in [0.4, 0.5) is 11.4 Å². The quantitative estimate of drug-likeness (QED) is 0.271. The molecule has 5 heteroatoms. The Labute approximate surface area is 212 Å². The van der Waals surface area contributed by atoms with Crippen molar-refractivity contribution < 1.29 is 9.47 Å². The molecule has 4 nitrogen and oxygen atoms in total. The zero-order valence-electron chi connectivity index (χ0n) is 20.4. The van der Waals surface area contributed by atoms with E-state index in [0.717, 1.165) is 24.1 Å². The van der Waals surface area contributed by atoms with Gasteiger partial charge in [0.25, 0.3) is 0 Å². The van der Waals surface area contributed by atoms with Crippen LogP contribution in [0.15, 0.2) is 71.7 Å². The molecule has 2 aliphatic rings. The van der Waals surface area contributed by atoms with E-state index in [4.69, 9.17) is 21.1 Å². The van der Waals surface area contributed by atoms with Crippen molar-refractivity contribution in [3.05, 3.63) is 94.0 Å². The number of benzene rings is 3. The van der Waals surface area contributed by atoms with Crippen molar-refractivity contribution in [2.45, 2.75) is 38.6 Å². The molecule has 0 fully saturated rings. The number of ether oxygens (including phenoxy) is 2. The van der Waals surface area contributed by atoms with Crippen LogP contribution in [0.2, 0.25) is 5.02 Å². The molecule has 3 atom stereocenters. The lowest BCUT2D eigenvalue weighted by Gasteiger charge is -2.37. The normalized spacial score (nSPS) is 20.4. The van der Waals surface area contributed by atoms with Gasteiger partial charge in [-0.1, -0.05) is 60.5 Å². The number of hydrogen-bond donors (Lipinski definition) is 1. The minimum atomic E-state index is 0.280. The molecule has 0 spiro atoms. The molecule has 180 valence electrons. The molecule has 5 rings (SSSR count). The molecule has 1 aliphatic heterocycles. The average molecular weight is 487 g/mol. The highest BCUT2D eigenvalue weighted by Crippen LogP contribution is 2.50. The Morgan fingerprint density at radius 3 is 2.71 bits per heavy atom. The molecular weight excluding hydrogens is 456 g/mol. The number of fused-ring (bicyclic) bond motifs is 3. The first-order valence-electron chi connectivity index (χ1n) is 12.3. The lowest BCUT2D eigenvalue weighted by molar-refractivity contribution is 0.294. The summed E-state index contributed by atoms with van der Waals surface area (Å²) in [7, 11) is 1.62. The van der Waals surface area contributed by atoms with E-state index in [1.54, 1.807) is 13.3 Å². The number of halogens is 1. The maximum absolute atomic E-state index is 6.45. The van der Waals surface area contributed by atoms with Gasteiger partial charge in [-0.25, -0.2) is 0 Å². The molecule has 0 unspecified atom stereocenters. The smallest absolute Gasteiger partial charge is 0.179 e. The summed E-state index contributed by atoms with van der Waals surface area (Å²) in [6.07, 6.45) is 8.52. The van der Waals surface area contributed by atoms with Gasteiger partial charge in [-0.15, -0.1) is 0 Å². The number of rotatable bonds is 7. The summed E-state index contributed by atoms with van der Waals surface area (Å²) in [4.78, 5) is 4.67. The summed E-state index contributed by atoms with van der Waals surface area (Å²) in [6.45, 7) is 4.81. The predicted octanol–water partition coefficient (Wildman–Crippen LogP) is 8.02. The van der Waals surface area contributed by atoms with Gasteiger partial charge in [0.2, 0.25) is 0 Å². The second-order valence-corrected chi connectivity index (χ2v) is 9.71. The maximum atomic E-state index is 6.45. The van der Waals surface area contributed by atoms with E-state index in [1.165, 1.54) is 22.4 Å². The Kier molecular flexibility index (Phi) is 6.83. The van der Waals surface area contributed by atoms with Crippen molar-refractivity contribution in [3.63, 3.8) is 0 Å². The molecule has 1 aliphatic carbocycles. The van der Waals surface area contributed by atoms with Crippen LogP contribution < -0.4 is 14.8 Å². The Balaban J connectivity index is 1.34. The molecule has 35 heavy (non-hydrogen) atoms. The SMILES string of the molecule is CCCOc1c(Cl)cc(C=Nc2ccc([C@@H]3Nc4ccc(C)cc4[C@H]4C=CC[C@@H]43)cc2)cc1OC. The summed E-state index contributed by atoms with van der Waals surface area (Å²) in [6, 6.07) is 19.3. The highest BCUT2D eigenvalue weighted by atomic mass is 35.5. The number of aryl methyl sites for hydroxylation is 1. The van der Waals surface area contributed by atoms with Crippen LogP contribution in [0, 0.1) is 12.8 Å². The molecule has 0 radical (unpaired) electrons. The fourth-order valence-corrected chi connectivity index (χ4v) is 5.39. The van der Waals surface area contributed by atoms with Gasteiger partial charge in [0.05, 0.1) is 30.5 Å². The van der Waals surface area contributed by atoms with Gasteiger partial charge in [-0.05, 0) is 72.7 Å². The summed E-state index contributed by atoms with van der Waals surface area (Å²) in [5, 5.41) is 4.33. The van der Waals surface area contributed by atoms with Crippen molar-refractivity contribution in [1.29, 1.82) is 0 Å². The van der Waals surface area contributed by atoms with E-state index in [0.29, 0.717) is 35.0 Å². The minimum absolute atomic E-state index is 0.280. The Morgan fingerprint density at radius 2 is 1.94 bits per heavy atom. The first-order valence-corrected chi connectivity index (χ1v) is 12.6. The van der Waals surface area contributed by atoms with Crippen LogP contribution in [0.1, 0.15) is 54.0 Å². The van der Waals surface area contributed by atoms with E-state index in [9.17, 15) is 0 Å². The molecule has 0 amide bonds. The molecular formula is C30H31ClN2O2. The van der Waals surface area contributed by atoms with Gasteiger partial charge < -0.3 is 14.8 Å². The summed E-state index contributed by atoms with van der Waals surface area (Å²) < 4.78 is 11.2. The lowest BCUT2D eigenvalue weighted by atomic mass is 9.76. The van der Waals surface area contributed by atoms with E-state index in [-0.39, 0.29) is 6.04 Å². The fraction of sp³-hybridized carbons (Fsp3) is 0.300. The van der Waals surface area contributed by atoms with Crippen LogP contribution >= 0.6 is 11.6 Å². The minimum Gasteiger partial charge on any atom is -0.493 e. The van der Waals surface area contributed by atoms with E-state index in [2.05, 4.69) is 78.8 Å². The van der Waals surface area contributed by atoms with Crippen molar-refractivity contribution in [2.24, 2.45) is 10.9 Å². The third kappa shape index (κ3) is 4.81. The zero-order chi connectivity index (χ0) is 24.4. The Morgan fingerprint density at radius 1 is 1.11 bits per heavy atom. The highest BCUT2D eigenvalue weighted by Gasteiger charge is 2.37. The fourth-order valence-electron chi connectivity index (χ4n) is 5.12. The van der Waals surface area contributed by atoms with Crippen molar-refractivity contribution >= 4 is 29.2 Å². The van der Waals surface area contributed by atoms with Crippen molar-refractivity contribution in [1.82, 2.24) is 0 Å². The van der Waals surface area contributed by atoms with Gasteiger partial charge in [-0.3, -0.25) is 4.99 Å². The van der Waals surface area contributed by atoms with Crippen LogP contribution in [0.5, 0.6) is 11.5 Å². The van der Waals surface area contributed by atoms with Gasteiger partial charge >= 0.3 is 0 Å². The van der Waals surface area contributed by atoms with Crippen LogP contribution in [-0.2, 0) is 0 Å². The first kappa shape index (κ1) is 23.5. The summed E-state index contributed by atoms with van der Waals surface area (Å²) in [5.74, 6) is 2.19. The molecule has 0 bridgehead atoms. The third-order valence-corrected chi connectivity index (χ3v) is 7.12. The number of hydrogen-bond acceptors (Lipinski definition) is 4. The Hall–Kier alpha value is -3.24. The zero-order valence-corrected chi connectivity index (χ0v) is 21.2. The van der Waals surface area contributed by atoms with Crippen LogP contribution in [-0.4, -0.2) is 19.9 Å². The van der Waals surface area contributed by atoms with Crippen molar-refractivity contribution in [2.75, 3.05) is 19.0 Å². The number of nitrogens with zero attached hydrogens (tertiary/aromatic N) is 1. The molecule has 1 heterocycles. The van der Waals surface area contributed by atoms with Crippen LogP contribution in [0.3, 0.4) is 0 Å². The van der Waals surface area contributed by atoms with E-state index in [1.807, 2.05) is 12.1 Å². The second kappa shape index (κ2) is 10.2. The average Bonchev–Trinajstić information content (AvgIpc) is 3.37. The van der Waals surface area contributed by atoms with E-state index >= 15 is 0 Å². The lowest BCUT2D eigenvalue weighted by Crippen LogP contribution is -2.29. The molecule has 3 aromatic rings. The first-order chi connectivity index (χ1) is 17.1. The third-order valence-electron chi connectivity index (χ3n) is 6.84. The molecule has 0 saturated heterocycles. The highest BCUT2D eigenvalue weighted by molar-refractivity contribution is 6.32. The van der Waals surface area contributed by atoms with Crippen molar-refractivity contribution in [3.8, 4) is 11.5 Å². The molecule has 0 aromatic heterocycles. The number of anilines is 1. The second-order valence-electron chi connectivity index (χ2n) is 9.30. The number of allylic oxidation sites excluding steroid dienone is 2. The van der Waals surface area contributed by atoms with Gasteiger partial charge in [-0.2, -0.15) is 0 Å². The molecule has 0 saturated carbocycles. The maximum Gasteiger partial charge on any atom is 0.179 e. The van der Waals surface area contributed by atoms with Gasteiger partial charge in [0.15, 0.2) is 11.5 Å². The topological polar surface area (TPSA) is 42.8 Å². The van der Waals surface area contributed by atoms with Gasteiger partial charge in [0, 0.05) is 17.8 Å². The largest absolute Gasteiger partial charge is 0.493 e. The Bertz CT molecular complexity index is 1270. The molecule has 1 N–H and O–H groups in total. The summed E-state index contributed by atoms with van der Waals surface area (Å²) >= 11 is 6.45. The summed E-state index contributed by atoms with van der Waals surface area (Å²) in [5.41, 5.74) is 7.01. The number of nitrogens with one attached hydrogen (secondary N) is 1. The number of methoxy groups -OCH3 is 1. The predicted molar refractivity (Wildman–Crippen MR) is 145 cm³/mol. The number of aliphatic imine (C=N–C) groups is 1. The molecule has 3 aromatic carbocycles. The standard InChI is InChI=1S/C30H31ClN2O2/c1-4-14-35-30-26(31)16-20(17-28(30)34-3)18-32-22-11-9-21(10-12-22)29-24-7-5-6-23(24)25-15-19(2)8-13-27(25)33-29/h5-6,8-13,15-18,23-24,29,33H,4,7,14H2,1-3H3/t23-,24-,29-/m0/s1. The van der Waals surface area contributed by atoms with Crippen LogP contribution in [0.25, 0.3) is 0 Å². The van der Waals surface area contributed by atoms with E-state index < -0.39 is 0 Å².